The van der Waals surface area contributed by atoms with Crippen molar-refractivity contribution in [3.63, 3.8) is 0 Å². The molecule has 3 aromatic rings. The number of hydrogen-bond acceptors (Lipinski definition) is 5. The van der Waals surface area contributed by atoms with E-state index in [0.717, 1.165) is 11.3 Å². The van der Waals surface area contributed by atoms with Gasteiger partial charge >= 0.3 is 5.97 Å². The van der Waals surface area contributed by atoms with Crippen molar-refractivity contribution >= 4 is 33.4 Å². The van der Waals surface area contributed by atoms with Gasteiger partial charge in [-0.1, -0.05) is 17.4 Å². The highest BCUT2D eigenvalue weighted by Gasteiger charge is 2.16. The highest BCUT2D eigenvalue weighted by atomic mass is 32.1. The Labute approximate surface area is 146 Å². The molecule has 0 aliphatic rings. The van der Waals surface area contributed by atoms with Gasteiger partial charge in [0.2, 0.25) is 0 Å². The molecule has 0 N–H and O–H groups in total. The predicted octanol–water partition coefficient (Wildman–Crippen LogP) is 1.88. The molecule has 1 aromatic carbocycles. The van der Waals surface area contributed by atoms with Gasteiger partial charge in [0.05, 0.1) is 16.8 Å². The molecule has 1 amide bonds. The molecule has 7 nitrogen and oxygen atoms in total. The van der Waals surface area contributed by atoms with E-state index in [0.29, 0.717) is 10.4 Å². The van der Waals surface area contributed by atoms with Crippen LogP contribution in [0.25, 0.3) is 10.2 Å². The van der Waals surface area contributed by atoms with E-state index < -0.39 is 17.7 Å². The summed E-state index contributed by atoms with van der Waals surface area (Å²) in [4.78, 5) is 28.5. The highest BCUT2D eigenvalue weighted by molar-refractivity contribution is 7.16. The van der Waals surface area contributed by atoms with Crippen LogP contribution in [-0.4, -0.2) is 32.8 Å². The fourth-order valence-corrected chi connectivity index (χ4v) is 3.42. The van der Waals surface area contributed by atoms with Gasteiger partial charge in [0, 0.05) is 13.2 Å². The number of nitrogens with zero attached hydrogens (tertiary/aromatic N) is 4. The van der Waals surface area contributed by atoms with Crippen molar-refractivity contribution in [2.45, 2.75) is 13.5 Å². The van der Waals surface area contributed by atoms with Gasteiger partial charge in [0.1, 0.15) is 18.1 Å². The molecule has 3 rings (SSSR count). The maximum absolute atomic E-state index is 14.3. The van der Waals surface area contributed by atoms with Crippen LogP contribution < -0.4 is 4.80 Å². The smallest absolute Gasteiger partial charge is 0.326 e. The second kappa shape index (κ2) is 6.98. The molecule has 0 aliphatic heterocycles. The van der Waals surface area contributed by atoms with Crippen molar-refractivity contribution in [3.8, 4) is 0 Å². The standard InChI is InChI=1S/C16H15FN4O3S/c1-3-24-13(22)9-21-14-10(17)5-4-6-12(14)25-16(21)19-15(23)11-7-8-18-20(11)2/h4-8H,3,9H2,1-2H3. The predicted molar refractivity (Wildman–Crippen MR) is 89.5 cm³/mol. The second-order valence-corrected chi connectivity index (χ2v) is 6.13. The highest BCUT2D eigenvalue weighted by Crippen LogP contribution is 2.20. The van der Waals surface area contributed by atoms with E-state index in [1.807, 2.05) is 0 Å². The van der Waals surface area contributed by atoms with Crippen LogP contribution in [0.15, 0.2) is 35.5 Å². The number of carbonyl (C=O) groups is 2. The number of rotatable bonds is 4. The quantitative estimate of drug-likeness (QED) is 0.664. The summed E-state index contributed by atoms with van der Waals surface area (Å²) >= 11 is 1.13. The number of esters is 1. The van der Waals surface area contributed by atoms with Gasteiger partial charge in [-0.3, -0.25) is 14.3 Å². The minimum absolute atomic E-state index is 0.213. The molecular weight excluding hydrogens is 347 g/mol. The topological polar surface area (TPSA) is 78.5 Å². The molecule has 0 bridgehead atoms. The van der Waals surface area contributed by atoms with Crippen molar-refractivity contribution in [2.75, 3.05) is 6.61 Å². The lowest BCUT2D eigenvalue weighted by Gasteiger charge is -2.05. The number of carbonyl (C=O) groups excluding carboxylic acids is 2. The van der Waals surface area contributed by atoms with Gasteiger partial charge in [-0.05, 0) is 25.1 Å². The number of aryl methyl sites for hydroxylation is 1. The lowest BCUT2D eigenvalue weighted by Crippen LogP contribution is -2.23. The van der Waals surface area contributed by atoms with E-state index in [4.69, 9.17) is 4.74 Å². The molecule has 2 heterocycles. The molecular formula is C16H15FN4O3S. The molecule has 0 radical (unpaired) electrons. The van der Waals surface area contributed by atoms with Gasteiger partial charge in [0.25, 0.3) is 5.91 Å². The molecule has 0 fully saturated rings. The van der Waals surface area contributed by atoms with Crippen molar-refractivity contribution in [2.24, 2.45) is 12.0 Å². The molecule has 2 aromatic heterocycles. The first kappa shape index (κ1) is 17.0. The minimum Gasteiger partial charge on any atom is -0.465 e. The summed E-state index contributed by atoms with van der Waals surface area (Å²) in [5.74, 6) is -1.54. The Hall–Kier alpha value is -2.81. The first-order chi connectivity index (χ1) is 12.0. The van der Waals surface area contributed by atoms with Gasteiger partial charge in [-0.2, -0.15) is 10.1 Å². The fourth-order valence-electron chi connectivity index (χ4n) is 2.38. The van der Waals surface area contributed by atoms with Crippen molar-refractivity contribution in [1.82, 2.24) is 14.3 Å². The average molecular weight is 362 g/mol. The van der Waals surface area contributed by atoms with Crippen LogP contribution in [0.3, 0.4) is 0 Å². The van der Waals surface area contributed by atoms with E-state index in [1.54, 1.807) is 26.1 Å². The van der Waals surface area contributed by atoms with Crippen molar-refractivity contribution in [3.05, 3.63) is 46.8 Å². The maximum Gasteiger partial charge on any atom is 0.326 e. The summed E-state index contributed by atoms with van der Waals surface area (Å²) in [5, 5.41) is 3.93. The first-order valence-corrected chi connectivity index (χ1v) is 8.33. The number of benzene rings is 1. The number of para-hydroxylation sites is 1. The number of amides is 1. The SMILES string of the molecule is CCOC(=O)Cn1c(=NC(=O)c2ccnn2C)sc2cccc(F)c21. The lowest BCUT2D eigenvalue weighted by atomic mass is 10.3. The molecule has 0 atom stereocenters. The Bertz CT molecular complexity index is 1020. The normalized spacial score (nSPS) is 11.9. The Morgan fingerprint density at radius 1 is 1.36 bits per heavy atom. The number of fused-ring (bicyclic) bond motifs is 1. The van der Waals surface area contributed by atoms with Gasteiger partial charge < -0.3 is 9.30 Å². The number of ether oxygens (including phenoxy) is 1. The molecule has 0 spiro atoms. The monoisotopic (exact) mass is 362 g/mol. The largest absolute Gasteiger partial charge is 0.465 e. The zero-order chi connectivity index (χ0) is 18.0. The van der Waals surface area contributed by atoms with E-state index in [2.05, 4.69) is 10.1 Å². The van der Waals surface area contributed by atoms with Crippen LogP contribution in [0.1, 0.15) is 17.4 Å². The van der Waals surface area contributed by atoms with Crippen LogP contribution in [-0.2, 0) is 23.1 Å². The zero-order valence-electron chi connectivity index (χ0n) is 13.6. The Morgan fingerprint density at radius 2 is 2.16 bits per heavy atom. The van der Waals surface area contributed by atoms with E-state index in [1.165, 1.54) is 27.6 Å². The van der Waals surface area contributed by atoms with Crippen LogP contribution in [0.5, 0.6) is 0 Å². The Kier molecular flexibility index (Phi) is 4.75. The first-order valence-electron chi connectivity index (χ1n) is 7.51. The average Bonchev–Trinajstić information content (AvgIpc) is 3.13. The zero-order valence-corrected chi connectivity index (χ0v) is 14.4. The summed E-state index contributed by atoms with van der Waals surface area (Å²) < 4.78 is 22.5. The van der Waals surface area contributed by atoms with Crippen molar-refractivity contribution < 1.29 is 18.7 Å². The molecule has 0 unspecified atom stereocenters. The number of thiazole rings is 1. The number of aromatic nitrogens is 3. The molecule has 130 valence electrons. The molecule has 9 heteroatoms. The molecule has 0 saturated heterocycles. The third kappa shape index (κ3) is 3.36. The van der Waals surface area contributed by atoms with Gasteiger partial charge in [-0.25, -0.2) is 4.39 Å². The third-order valence-corrected chi connectivity index (χ3v) is 4.53. The maximum atomic E-state index is 14.3. The van der Waals surface area contributed by atoms with E-state index >= 15 is 0 Å². The molecule has 25 heavy (non-hydrogen) atoms. The van der Waals surface area contributed by atoms with Crippen LogP contribution >= 0.6 is 11.3 Å². The summed E-state index contributed by atoms with van der Waals surface area (Å²) in [6.07, 6.45) is 1.49. The summed E-state index contributed by atoms with van der Waals surface area (Å²) in [6.45, 7) is 1.67. The van der Waals surface area contributed by atoms with Crippen LogP contribution in [0.4, 0.5) is 4.39 Å². The number of hydrogen-bond donors (Lipinski definition) is 0. The van der Waals surface area contributed by atoms with Gasteiger partial charge in [-0.15, -0.1) is 0 Å². The van der Waals surface area contributed by atoms with Crippen molar-refractivity contribution in [1.29, 1.82) is 0 Å². The van der Waals surface area contributed by atoms with Crippen LogP contribution in [0.2, 0.25) is 0 Å². The summed E-state index contributed by atoms with van der Waals surface area (Å²) in [5.41, 5.74) is 0.512. The van der Waals surface area contributed by atoms with Gasteiger partial charge in [0.15, 0.2) is 4.80 Å². The third-order valence-electron chi connectivity index (χ3n) is 3.48. The summed E-state index contributed by atoms with van der Waals surface area (Å²) in [7, 11) is 1.63. The summed E-state index contributed by atoms with van der Waals surface area (Å²) in [6, 6.07) is 6.10. The number of halogens is 1. The fraction of sp³-hybridized carbons (Fsp3) is 0.250. The lowest BCUT2D eigenvalue weighted by molar-refractivity contribution is -0.143. The second-order valence-electron chi connectivity index (χ2n) is 5.12. The molecule has 0 saturated carbocycles. The Morgan fingerprint density at radius 3 is 2.84 bits per heavy atom. The van der Waals surface area contributed by atoms with E-state index in [-0.39, 0.29) is 23.5 Å². The Balaban J connectivity index is 2.15. The van der Waals surface area contributed by atoms with E-state index in [9.17, 15) is 14.0 Å². The molecule has 0 aliphatic carbocycles. The minimum atomic E-state index is -0.528. The van der Waals surface area contributed by atoms with Crippen LogP contribution in [0, 0.1) is 5.82 Å².